The maximum absolute atomic E-state index is 12.9. The molecule has 0 saturated carbocycles. The molecule has 2 aliphatic heterocycles. The van der Waals surface area contributed by atoms with Crippen molar-refractivity contribution < 1.29 is 9.53 Å². The highest BCUT2D eigenvalue weighted by Crippen LogP contribution is 2.31. The summed E-state index contributed by atoms with van der Waals surface area (Å²) >= 11 is 0. The van der Waals surface area contributed by atoms with E-state index in [1.807, 2.05) is 20.8 Å². The van der Waals surface area contributed by atoms with E-state index < -0.39 is 5.60 Å². The number of rotatable bonds is 2. The van der Waals surface area contributed by atoms with Crippen LogP contribution in [-0.4, -0.2) is 58.0 Å². The molecule has 2 atom stereocenters. The van der Waals surface area contributed by atoms with Crippen LogP contribution in [0.4, 0.5) is 4.79 Å². The lowest BCUT2D eigenvalue weighted by Crippen LogP contribution is -2.39. The molecule has 6 heteroatoms. The average Bonchev–Trinajstić information content (AvgIpc) is 3.10. The Kier molecular flexibility index (Phi) is 5.62. The zero-order chi connectivity index (χ0) is 21.5. The summed E-state index contributed by atoms with van der Waals surface area (Å²) in [7, 11) is 2.18. The lowest BCUT2D eigenvalue weighted by molar-refractivity contribution is 0.0327. The maximum Gasteiger partial charge on any atom is 0.414 e. The number of allylic oxidation sites excluding steroid dienone is 1. The monoisotopic (exact) mass is 410 g/mol. The summed E-state index contributed by atoms with van der Waals surface area (Å²) in [5, 5.41) is 5.95. The second-order valence-electron chi connectivity index (χ2n) is 9.96. The predicted octanol–water partition coefficient (Wildman–Crippen LogP) is 4.92. The first-order chi connectivity index (χ1) is 14.2. The normalized spacial score (nSPS) is 23.5. The summed E-state index contributed by atoms with van der Waals surface area (Å²) in [5.41, 5.74) is 2.47. The summed E-state index contributed by atoms with van der Waals surface area (Å²) in [6.07, 6.45) is 7.38. The molecule has 1 fully saturated rings. The number of carbonyl (C=O) groups excluding carboxylic acids is 1. The number of hydrogen-bond donors (Lipinski definition) is 0. The van der Waals surface area contributed by atoms with Gasteiger partial charge in [0.25, 0.3) is 0 Å². The Morgan fingerprint density at radius 3 is 2.77 bits per heavy atom. The topological polar surface area (TPSA) is 50.6 Å². The van der Waals surface area contributed by atoms with E-state index in [-0.39, 0.29) is 6.09 Å². The van der Waals surface area contributed by atoms with Crippen molar-refractivity contribution >= 4 is 22.7 Å². The molecule has 2 aromatic rings. The Labute approximate surface area is 179 Å². The van der Waals surface area contributed by atoms with Crippen molar-refractivity contribution in [3.8, 4) is 0 Å². The van der Waals surface area contributed by atoms with Gasteiger partial charge in [0.05, 0.1) is 17.3 Å². The molecule has 0 spiro atoms. The molecule has 30 heavy (non-hydrogen) atoms. The standard InChI is InChI=1S/C24H34N4O2/c1-17-8-11-22(27(14-17)23(29)30-24(2,3)4)18-9-10-21-19(13-18)15-28(25-21)20-7-6-12-26(5)16-20/h9-11,13,15,17,20H,6-8,12,14,16H2,1-5H3/t17-,20-/m0/s1. The summed E-state index contributed by atoms with van der Waals surface area (Å²) in [4.78, 5) is 17.1. The van der Waals surface area contributed by atoms with Crippen molar-refractivity contribution in [3.63, 3.8) is 0 Å². The van der Waals surface area contributed by atoms with Gasteiger partial charge in [-0.15, -0.1) is 0 Å². The first-order valence-corrected chi connectivity index (χ1v) is 11.1. The van der Waals surface area contributed by atoms with Gasteiger partial charge in [0.2, 0.25) is 0 Å². The van der Waals surface area contributed by atoms with E-state index >= 15 is 0 Å². The number of benzene rings is 1. The van der Waals surface area contributed by atoms with Crippen LogP contribution in [0.25, 0.3) is 16.6 Å². The highest BCUT2D eigenvalue weighted by atomic mass is 16.6. The summed E-state index contributed by atoms with van der Waals surface area (Å²) in [5.74, 6) is 0.413. The summed E-state index contributed by atoms with van der Waals surface area (Å²) < 4.78 is 7.82. The number of likely N-dealkylation sites (N-methyl/N-ethyl adjacent to an activating group) is 1. The fourth-order valence-corrected chi connectivity index (χ4v) is 4.42. The molecule has 1 aromatic carbocycles. The Bertz CT molecular complexity index is 956. The number of amides is 1. The van der Waals surface area contributed by atoms with E-state index in [9.17, 15) is 4.79 Å². The van der Waals surface area contributed by atoms with E-state index in [1.54, 1.807) is 4.90 Å². The molecule has 4 rings (SSSR count). The predicted molar refractivity (Wildman–Crippen MR) is 120 cm³/mol. The van der Waals surface area contributed by atoms with E-state index in [2.05, 4.69) is 54.0 Å². The van der Waals surface area contributed by atoms with Crippen molar-refractivity contribution in [2.75, 3.05) is 26.7 Å². The van der Waals surface area contributed by atoms with E-state index in [0.29, 0.717) is 18.5 Å². The summed E-state index contributed by atoms with van der Waals surface area (Å²) in [6.45, 7) is 10.8. The molecule has 0 radical (unpaired) electrons. The molecule has 162 valence electrons. The molecule has 0 N–H and O–H groups in total. The van der Waals surface area contributed by atoms with Crippen LogP contribution in [-0.2, 0) is 4.74 Å². The molecule has 2 aliphatic rings. The molecule has 0 unspecified atom stereocenters. The summed E-state index contributed by atoms with van der Waals surface area (Å²) in [6, 6.07) is 6.73. The minimum Gasteiger partial charge on any atom is -0.443 e. The first kappa shape index (κ1) is 20.9. The molecular weight excluding hydrogens is 376 g/mol. The highest BCUT2D eigenvalue weighted by molar-refractivity contribution is 5.87. The van der Waals surface area contributed by atoms with Gasteiger partial charge in [0, 0.05) is 24.7 Å². The lowest BCUT2D eigenvalue weighted by atomic mass is 9.98. The highest BCUT2D eigenvalue weighted by Gasteiger charge is 2.29. The van der Waals surface area contributed by atoms with Gasteiger partial charge in [0.15, 0.2) is 0 Å². The number of aromatic nitrogens is 2. The van der Waals surface area contributed by atoms with Crippen molar-refractivity contribution in [3.05, 3.63) is 36.0 Å². The second kappa shape index (κ2) is 8.06. The van der Waals surface area contributed by atoms with E-state index in [1.165, 1.54) is 12.8 Å². The van der Waals surface area contributed by atoms with Crippen molar-refractivity contribution in [2.45, 2.75) is 58.6 Å². The number of hydrogen-bond acceptors (Lipinski definition) is 4. The Hall–Kier alpha value is -2.34. The van der Waals surface area contributed by atoms with Crippen LogP contribution >= 0.6 is 0 Å². The molecular formula is C24H34N4O2. The van der Waals surface area contributed by atoms with Gasteiger partial charge in [-0.25, -0.2) is 4.79 Å². The molecule has 1 saturated heterocycles. The SMILES string of the molecule is C[C@H]1CC=C(c2ccc3nn([C@H]4CCCN(C)C4)cc3c2)N(C(=O)OC(C)(C)C)C1. The number of likely N-dealkylation sites (tertiary alicyclic amines) is 1. The zero-order valence-electron chi connectivity index (χ0n) is 18.9. The molecule has 1 amide bonds. The quantitative estimate of drug-likeness (QED) is 0.705. The number of piperidine rings is 1. The Balaban J connectivity index is 1.63. The first-order valence-electron chi connectivity index (χ1n) is 11.1. The molecule has 6 nitrogen and oxygen atoms in total. The minimum atomic E-state index is -0.513. The maximum atomic E-state index is 12.9. The Morgan fingerprint density at radius 1 is 1.23 bits per heavy atom. The number of carbonyl (C=O) groups is 1. The van der Waals surface area contributed by atoms with Crippen LogP contribution < -0.4 is 0 Å². The lowest BCUT2D eigenvalue weighted by Gasteiger charge is -2.33. The molecule has 0 aliphatic carbocycles. The van der Waals surface area contributed by atoms with Crippen molar-refractivity contribution in [1.82, 2.24) is 19.6 Å². The van der Waals surface area contributed by atoms with Crippen LogP contribution in [0.3, 0.4) is 0 Å². The number of nitrogens with zero attached hydrogens (tertiary/aromatic N) is 4. The van der Waals surface area contributed by atoms with Crippen LogP contribution in [0, 0.1) is 5.92 Å². The van der Waals surface area contributed by atoms with Crippen LogP contribution in [0.2, 0.25) is 0 Å². The zero-order valence-corrected chi connectivity index (χ0v) is 18.9. The third-order valence-electron chi connectivity index (χ3n) is 5.90. The molecule has 3 heterocycles. The van der Waals surface area contributed by atoms with Gasteiger partial charge in [-0.2, -0.15) is 5.10 Å². The van der Waals surface area contributed by atoms with Crippen LogP contribution in [0.15, 0.2) is 30.5 Å². The van der Waals surface area contributed by atoms with Gasteiger partial charge in [-0.05, 0) is 77.2 Å². The second-order valence-corrected chi connectivity index (χ2v) is 9.96. The van der Waals surface area contributed by atoms with E-state index in [0.717, 1.165) is 41.7 Å². The smallest absolute Gasteiger partial charge is 0.414 e. The average molecular weight is 411 g/mol. The fourth-order valence-electron chi connectivity index (χ4n) is 4.42. The van der Waals surface area contributed by atoms with Gasteiger partial charge in [0.1, 0.15) is 5.60 Å². The fraction of sp³-hybridized carbons (Fsp3) is 0.583. The van der Waals surface area contributed by atoms with E-state index in [4.69, 9.17) is 9.84 Å². The van der Waals surface area contributed by atoms with Crippen LogP contribution in [0.5, 0.6) is 0 Å². The largest absolute Gasteiger partial charge is 0.443 e. The van der Waals surface area contributed by atoms with Gasteiger partial charge in [-0.1, -0.05) is 19.1 Å². The Morgan fingerprint density at radius 2 is 2.03 bits per heavy atom. The molecule has 1 aromatic heterocycles. The third-order valence-corrected chi connectivity index (χ3v) is 5.90. The van der Waals surface area contributed by atoms with Crippen molar-refractivity contribution in [1.29, 1.82) is 0 Å². The third kappa shape index (κ3) is 4.53. The van der Waals surface area contributed by atoms with Gasteiger partial charge < -0.3 is 9.64 Å². The number of fused-ring (bicyclic) bond motifs is 1. The van der Waals surface area contributed by atoms with Crippen LogP contribution in [0.1, 0.15) is 58.6 Å². The molecule has 0 bridgehead atoms. The van der Waals surface area contributed by atoms with Gasteiger partial charge >= 0.3 is 6.09 Å². The van der Waals surface area contributed by atoms with Crippen molar-refractivity contribution in [2.24, 2.45) is 5.92 Å². The van der Waals surface area contributed by atoms with Gasteiger partial charge in [-0.3, -0.25) is 9.58 Å². The minimum absolute atomic E-state index is 0.277. The number of ether oxygens (including phenoxy) is 1.